The van der Waals surface area contributed by atoms with Gasteiger partial charge in [0.15, 0.2) is 10.8 Å². The highest BCUT2D eigenvalue weighted by Gasteiger charge is 2.12. The highest BCUT2D eigenvalue weighted by atomic mass is 79.9. The van der Waals surface area contributed by atoms with Gasteiger partial charge in [-0.25, -0.2) is 0 Å². The molecule has 0 aliphatic heterocycles. The third-order valence-electron chi connectivity index (χ3n) is 1.56. The molecule has 0 aromatic carbocycles. The Labute approximate surface area is 93.5 Å². The fraction of sp³-hybridized carbons (Fsp3) is 0.250. The van der Waals surface area contributed by atoms with Gasteiger partial charge in [-0.05, 0) is 28.9 Å². The topological polar surface area (TPSA) is 51.0 Å². The van der Waals surface area contributed by atoms with Crippen LogP contribution < -0.4 is 5.32 Å². The van der Waals surface area contributed by atoms with E-state index in [0.717, 1.165) is 26.9 Å². The van der Waals surface area contributed by atoms with E-state index in [2.05, 4.69) is 31.4 Å². The molecule has 0 unspecified atom stereocenters. The van der Waals surface area contributed by atoms with Gasteiger partial charge in [-0.15, -0.1) is 10.2 Å². The van der Waals surface area contributed by atoms with Crippen molar-refractivity contribution >= 4 is 32.4 Å². The molecule has 0 aliphatic rings. The summed E-state index contributed by atoms with van der Waals surface area (Å²) in [6.45, 7) is 2.86. The summed E-state index contributed by atoms with van der Waals surface area (Å²) >= 11 is 4.85. The second-order valence-corrected chi connectivity index (χ2v) is 4.37. The number of hydrogen-bond donors (Lipinski definition) is 1. The third kappa shape index (κ3) is 1.80. The second kappa shape index (κ2) is 4.10. The van der Waals surface area contributed by atoms with Crippen LogP contribution in [0.25, 0.3) is 10.8 Å². The van der Waals surface area contributed by atoms with E-state index >= 15 is 0 Å². The lowest BCUT2D eigenvalue weighted by atomic mass is 10.5. The van der Waals surface area contributed by atoms with Crippen molar-refractivity contribution in [2.75, 3.05) is 11.9 Å². The van der Waals surface area contributed by atoms with Gasteiger partial charge in [0.2, 0.25) is 5.13 Å². The molecular weight excluding hydrogens is 266 g/mol. The van der Waals surface area contributed by atoms with Crippen molar-refractivity contribution in [3.63, 3.8) is 0 Å². The molecule has 0 aliphatic carbocycles. The minimum absolute atomic E-state index is 0.728. The number of aromatic nitrogens is 2. The summed E-state index contributed by atoms with van der Waals surface area (Å²) in [6.07, 6.45) is 1.62. The number of hydrogen-bond acceptors (Lipinski definition) is 5. The average molecular weight is 274 g/mol. The van der Waals surface area contributed by atoms with Gasteiger partial charge in [-0.3, -0.25) is 0 Å². The molecular formula is C8H8BrN3OS. The fourth-order valence-corrected chi connectivity index (χ4v) is 2.32. The van der Waals surface area contributed by atoms with Crippen molar-refractivity contribution in [3.8, 4) is 10.8 Å². The Bertz CT molecular complexity index is 426. The third-order valence-corrected chi connectivity index (χ3v) is 3.07. The van der Waals surface area contributed by atoms with Crippen molar-refractivity contribution in [3.05, 3.63) is 16.8 Å². The number of furan rings is 1. The van der Waals surface area contributed by atoms with E-state index in [-0.39, 0.29) is 0 Å². The zero-order valence-electron chi connectivity index (χ0n) is 7.45. The zero-order valence-corrected chi connectivity index (χ0v) is 9.85. The van der Waals surface area contributed by atoms with Gasteiger partial charge in [-0.2, -0.15) is 0 Å². The van der Waals surface area contributed by atoms with Gasteiger partial charge in [0.25, 0.3) is 0 Å². The maximum atomic E-state index is 5.28. The van der Waals surface area contributed by atoms with Gasteiger partial charge in [0.1, 0.15) is 0 Å². The van der Waals surface area contributed by atoms with Gasteiger partial charge in [-0.1, -0.05) is 11.3 Å². The van der Waals surface area contributed by atoms with Crippen LogP contribution in [-0.4, -0.2) is 16.7 Å². The van der Waals surface area contributed by atoms with E-state index in [9.17, 15) is 0 Å². The summed E-state index contributed by atoms with van der Waals surface area (Å²) in [4.78, 5) is 0. The highest BCUT2D eigenvalue weighted by Crippen LogP contribution is 2.32. The minimum Gasteiger partial charge on any atom is -0.461 e. The molecule has 2 rings (SSSR count). The first-order chi connectivity index (χ1) is 6.81. The number of nitrogens with one attached hydrogen (secondary N) is 1. The molecule has 74 valence electrons. The van der Waals surface area contributed by atoms with Gasteiger partial charge in [0.05, 0.1) is 10.7 Å². The van der Waals surface area contributed by atoms with Crippen LogP contribution in [-0.2, 0) is 0 Å². The highest BCUT2D eigenvalue weighted by molar-refractivity contribution is 9.10. The van der Waals surface area contributed by atoms with Crippen LogP contribution in [0.2, 0.25) is 0 Å². The summed E-state index contributed by atoms with van der Waals surface area (Å²) in [7, 11) is 0. The molecule has 0 fully saturated rings. The Morgan fingerprint density at radius 1 is 1.57 bits per heavy atom. The molecule has 2 aromatic heterocycles. The molecule has 0 saturated heterocycles. The molecule has 1 N–H and O–H groups in total. The Kier molecular flexibility index (Phi) is 2.83. The smallest absolute Gasteiger partial charge is 0.206 e. The largest absolute Gasteiger partial charge is 0.461 e. The SMILES string of the molecule is CCNc1nnc(-c2occc2Br)s1. The van der Waals surface area contributed by atoms with Crippen LogP contribution in [0.5, 0.6) is 0 Å². The Hall–Kier alpha value is -0.880. The molecule has 0 bridgehead atoms. The van der Waals surface area contributed by atoms with E-state index in [1.165, 1.54) is 11.3 Å². The van der Waals surface area contributed by atoms with Gasteiger partial charge >= 0.3 is 0 Å². The maximum Gasteiger partial charge on any atom is 0.206 e. The summed E-state index contributed by atoms with van der Waals surface area (Å²) in [5.74, 6) is 0.728. The molecule has 0 saturated carbocycles. The predicted octanol–water partition coefficient (Wildman–Crippen LogP) is 2.99. The quantitative estimate of drug-likeness (QED) is 0.934. The normalized spacial score (nSPS) is 10.4. The standard InChI is InChI=1S/C8H8BrN3OS/c1-2-10-8-12-11-7(14-8)6-5(9)3-4-13-6/h3-4H,2H2,1H3,(H,10,12). The van der Waals surface area contributed by atoms with Crippen molar-refractivity contribution < 1.29 is 4.42 Å². The van der Waals surface area contributed by atoms with E-state index < -0.39 is 0 Å². The number of anilines is 1. The van der Waals surface area contributed by atoms with Crippen LogP contribution in [0, 0.1) is 0 Å². The lowest BCUT2D eigenvalue weighted by molar-refractivity contribution is 0.580. The van der Waals surface area contributed by atoms with E-state index in [4.69, 9.17) is 4.42 Å². The van der Waals surface area contributed by atoms with Crippen molar-refractivity contribution in [2.45, 2.75) is 6.92 Å². The average Bonchev–Trinajstić information content (AvgIpc) is 2.74. The molecule has 2 aromatic rings. The second-order valence-electron chi connectivity index (χ2n) is 2.54. The van der Waals surface area contributed by atoms with Crippen LogP contribution in [0.1, 0.15) is 6.92 Å². The first-order valence-electron chi connectivity index (χ1n) is 4.12. The first kappa shape index (κ1) is 9.67. The number of nitrogens with zero attached hydrogens (tertiary/aromatic N) is 2. The Morgan fingerprint density at radius 2 is 2.43 bits per heavy atom. The van der Waals surface area contributed by atoms with E-state index in [1.807, 2.05) is 13.0 Å². The molecule has 0 amide bonds. The summed E-state index contributed by atoms with van der Waals surface area (Å²) in [5.41, 5.74) is 0. The molecule has 2 heterocycles. The maximum absolute atomic E-state index is 5.28. The molecule has 6 heteroatoms. The Balaban J connectivity index is 2.29. The van der Waals surface area contributed by atoms with Gasteiger partial charge < -0.3 is 9.73 Å². The van der Waals surface area contributed by atoms with Gasteiger partial charge in [0, 0.05) is 6.54 Å². The Morgan fingerprint density at radius 3 is 3.07 bits per heavy atom. The molecule has 0 spiro atoms. The molecule has 0 radical (unpaired) electrons. The zero-order chi connectivity index (χ0) is 9.97. The number of halogens is 1. The van der Waals surface area contributed by atoms with Crippen LogP contribution in [0.15, 0.2) is 21.2 Å². The van der Waals surface area contributed by atoms with Crippen molar-refractivity contribution in [1.29, 1.82) is 0 Å². The molecule has 0 atom stereocenters. The lowest BCUT2D eigenvalue weighted by Crippen LogP contribution is -1.94. The summed E-state index contributed by atoms with van der Waals surface area (Å²) in [5, 5.41) is 12.7. The first-order valence-corrected chi connectivity index (χ1v) is 5.73. The summed E-state index contributed by atoms with van der Waals surface area (Å²) in [6, 6.07) is 1.84. The van der Waals surface area contributed by atoms with E-state index in [0.29, 0.717) is 0 Å². The fourth-order valence-electron chi connectivity index (χ4n) is 0.984. The van der Waals surface area contributed by atoms with Crippen molar-refractivity contribution in [2.24, 2.45) is 0 Å². The van der Waals surface area contributed by atoms with E-state index in [1.54, 1.807) is 6.26 Å². The van der Waals surface area contributed by atoms with Crippen LogP contribution >= 0.6 is 27.3 Å². The lowest BCUT2D eigenvalue weighted by Gasteiger charge is -1.91. The van der Waals surface area contributed by atoms with Crippen LogP contribution in [0.3, 0.4) is 0 Å². The minimum atomic E-state index is 0.728. The summed E-state index contributed by atoms with van der Waals surface area (Å²) < 4.78 is 6.17. The molecule has 4 nitrogen and oxygen atoms in total. The number of rotatable bonds is 3. The van der Waals surface area contributed by atoms with Crippen LogP contribution in [0.4, 0.5) is 5.13 Å². The van der Waals surface area contributed by atoms with Crippen molar-refractivity contribution in [1.82, 2.24) is 10.2 Å². The predicted molar refractivity (Wildman–Crippen MR) is 59.5 cm³/mol. The molecule has 14 heavy (non-hydrogen) atoms. The monoisotopic (exact) mass is 273 g/mol.